The molecule has 120 valence electrons. The zero-order valence-corrected chi connectivity index (χ0v) is 13.3. The van der Waals surface area contributed by atoms with Crippen LogP contribution in [0.25, 0.3) is 11.3 Å². The fourth-order valence-electron chi connectivity index (χ4n) is 4.14. The van der Waals surface area contributed by atoms with E-state index in [-0.39, 0.29) is 5.91 Å². The molecule has 1 aliphatic heterocycles. The predicted octanol–water partition coefficient (Wildman–Crippen LogP) is 4.14. The maximum atomic E-state index is 12.9. The van der Waals surface area contributed by atoms with Crippen LogP contribution in [0, 0.1) is 5.92 Å². The summed E-state index contributed by atoms with van der Waals surface area (Å²) < 4.78 is 5.40. The Morgan fingerprint density at radius 1 is 1.09 bits per heavy atom. The summed E-state index contributed by atoms with van der Waals surface area (Å²) in [5.41, 5.74) is 1.39. The molecule has 23 heavy (non-hydrogen) atoms. The van der Waals surface area contributed by atoms with E-state index in [1.54, 1.807) is 6.07 Å². The van der Waals surface area contributed by atoms with Gasteiger partial charge in [-0.3, -0.25) is 4.79 Å². The van der Waals surface area contributed by atoms with Crippen LogP contribution in [0.3, 0.4) is 0 Å². The third kappa shape index (κ3) is 2.78. The van der Waals surface area contributed by atoms with Gasteiger partial charge in [0.2, 0.25) is 0 Å². The summed E-state index contributed by atoms with van der Waals surface area (Å²) >= 11 is 0. The number of likely N-dealkylation sites (tertiary alicyclic amines) is 1. The smallest absolute Gasteiger partial charge is 0.276 e. The lowest BCUT2D eigenvalue weighted by molar-refractivity contribution is 0.0381. The average Bonchev–Trinajstić information content (AvgIpc) is 3.11. The van der Waals surface area contributed by atoms with Crippen LogP contribution in [-0.2, 0) is 0 Å². The van der Waals surface area contributed by atoms with Gasteiger partial charge < -0.3 is 9.42 Å². The third-order valence-corrected chi connectivity index (χ3v) is 5.29. The number of carbonyl (C=O) groups excluding carboxylic acids is 1. The Kier molecular flexibility index (Phi) is 3.90. The van der Waals surface area contributed by atoms with Crippen molar-refractivity contribution < 1.29 is 9.32 Å². The topological polar surface area (TPSA) is 46.3 Å². The molecule has 2 atom stereocenters. The second-order valence-electron chi connectivity index (χ2n) is 6.70. The molecule has 0 bridgehead atoms. The first-order valence-electron chi connectivity index (χ1n) is 8.66. The van der Waals surface area contributed by atoms with Gasteiger partial charge in [-0.15, -0.1) is 0 Å². The number of hydrogen-bond donors (Lipinski definition) is 0. The van der Waals surface area contributed by atoms with Crippen molar-refractivity contribution in [3.63, 3.8) is 0 Å². The first-order valence-corrected chi connectivity index (χ1v) is 8.66. The van der Waals surface area contributed by atoms with Gasteiger partial charge in [0.05, 0.1) is 0 Å². The van der Waals surface area contributed by atoms with Gasteiger partial charge in [0.15, 0.2) is 11.5 Å². The summed E-state index contributed by atoms with van der Waals surface area (Å²) in [6, 6.07) is 12.0. The summed E-state index contributed by atoms with van der Waals surface area (Å²) in [5, 5.41) is 4.04. The first-order chi connectivity index (χ1) is 11.3. The highest BCUT2D eigenvalue weighted by molar-refractivity contribution is 5.93. The first kappa shape index (κ1) is 14.5. The number of benzene rings is 1. The van der Waals surface area contributed by atoms with Gasteiger partial charge in [0.1, 0.15) is 0 Å². The molecule has 0 unspecified atom stereocenters. The normalized spacial score (nSPS) is 24.3. The lowest BCUT2D eigenvalue weighted by Gasteiger charge is -2.43. The van der Waals surface area contributed by atoms with E-state index >= 15 is 0 Å². The number of carbonyl (C=O) groups is 1. The molecule has 4 heteroatoms. The molecule has 2 aliphatic rings. The number of rotatable bonds is 2. The Hall–Kier alpha value is -2.10. The lowest BCUT2D eigenvalue weighted by atomic mass is 9.78. The van der Waals surface area contributed by atoms with E-state index in [0.29, 0.717) is 23.4 Å². The van der Waals surface area contributed by atoms with E-state index in [0.717, 1.165) is 24.9 Å². The molecule has 1 aromatic heterocycles. The van der Waals surface area contributed by atoms with Crippen LogP contribution in [0.2, 0.25) is 0 Å². The number of amides is 1. The van der Waals surface area contributed by atoms with E-state index in [2.05, 4.69) is 10.1 Å². The Labute approximate surface area is 136 Å². The zero-order valence-electron chi connectivity index (χ0n) is 13.3. The summed E-state index contributed by atoms with van der Waals surface area (Å²) in [6.07, 6.45) is 7.32. The summed E-state index contributed by atoms with van der Waals surface area (Å²) in [7, 11) is 0. The molecule has 4 rings (SSSR count). The Balaban J connectivity index is 1.56. The minimum absolute atomic E-state index is 0.0348. The fraction of sp³-hybridized carbons (Fsp3) is 0.474. The molecule has 1 aliphatic carbocycles. The molecule has 2 aromatic rings. The highest BCUT2D eigenvalue weighted by atomic mass is 16.5. The predicted molar refractivity (Wildman–Crippen MR) is 88.0 cm³/mol. The molecular formula is C19H22N2O2. The number of hydrogen-bond acceptors (Lipinski definition) is 3. The van der Waals surface area contributed by atoms with E-state index in [9.17, 15) is 4.79 Å². The molecule has 0 radical (unpaired) electrons. The monoisotopic (exact) mass is 310 g/mol. The second-order valence-corrected chi connectivity index (χ2v) is 6.70. The van der Waals surface area contributed by atoms with Crippen molar-refractivity contribution in [2.45, 2.75) is 44.6 Å². The minimum atomic E-state index is 0.0348. The number of nitrogens with zero attached hydrogens (tertiary/aromatic N) is 2. The SMILES string of the molecule is O=C(c1cc(-c2ccccc2)on1)N1CCC[C@@H]2CCCC[C@H]21. The zero-order chi connectivity index (χ0) is 15.6. The molecular weight excluding hydrogens is 288 g/mol. The van der Waals surface area contributed by atoms with Gasteiger partial charge in [-0.1, -0.05) is 48.3 Å². The van der Waals surface area contributed by atoms with E-state index in [1.807, 2.05) is 30.3 Å². The minimum Gasteiger partial charge on any atom is -0.355 e. The number of aromatic nitrogens is 1. The summed E-state index contributed by atoms with van der Waals surface area (Å²) in [5.74, 6) is 1.38. The van der Waals surface area contributed by atoms with Crippen LogP contribution < -0.4 is 0 Å². The van der Waals surface area contributed by atoms with Gasteiger partial charge in [0.25, 0.3) is 5.91 Å². The standard InChI is InChI=1S/C19H22N2O2/c22-19(21-12-6-10-14-7-4-5-11-17(14)21)16-13-18(23-20-16)15-8-2-1-3-9-15/h1-3,8-9,13-14,17H,4-7,10-12H2/t14-,17+/m0/s1. The van der Waals surface area contributed by atoms with Crippen LogP contribution in [-0.4, -0.2) is 28.6 Å². The van der Waals surface area contributed by atoms with Gasteiger partial charge in [-0.25, -0.2) is 0 Å². The molecule has 2 heterocycles. The van der Waals surface area contributed by atoms with Gasteiger partial charge in [0, 0.05) is 24.2 Å². The lowest BCUT2D eigenvalue weighted by Crippen LogP contribution is -2.49. The van der Waals surface area contributed by atoms with Crippen molar-refractivity contribution in [2.75, 3.05) is 6.54 Å². The Morgan fingerprint density at radius 3 is 2.74 bits per heavy atom. The summed E-state index contributed by atoms with van der Waals surface area (Å²) in [4.78, 5) is 15.0. The Morgan fingerprint density at radius 2 is 1.87 bits per heavy atom. The summed E-state index contributed by atoms with van der Waals surface area (Å²) in [6.45, 7) is 0.855. The maximum absolute atomic E-state index is 12.9. The van der Waals surface area contributed by atoms with Crippen molar-refractivity contribution >= 4 is 5.91 Å². The van der Waals surface area contributed by atoms with Crippen LogP contribution in [0.5, 0.6) is 0 Å². The van der Waals surface area contributed by atoms with Crippen molar-refractivity contribution in [1.29, 1.82) is 0 Å². The molecule has 1 saturated heterocycles. The molecule has 1 aromatic carbocycles. The van der Waals surface area contributed by atoms with E-state index in [4.69, 9.17) is 4.52 Å². The van der Waals surface area contributed by atoms with Crippen LogP contribution in [0.4, 0.5) is 0 Å². The van der Waals surface area contributed by atoms with Gasteiger partial charge in [-0.2, -0.15) is 0 Å². The van der Waals surface area contributed by atoms with Crippen LogP contribution in [0.1, 0.15) is 49.0 Å². The highest BCUT2D eigenvalue weighted by Crippen LogP contribution is 2.36. The number of piperidine rings is 1. The number of fused-ring (bicyclic) bond motifs is 1. The molecule has 2 fully saturated rings. The van der Waals surface area contributed by atoms with Crippen molar-refractivity contribution in [3.05, 3.63) is 42.1 Å². The van der Waals surface area contributed by atoms with Crippen LogP contribution in [0.15, 0.2) is 40.9 Å². The highest BCUT2D eigenvalue weighted by Gasteiger charge is 2.36. The fourth-order valence-corrected chi connectivity index (χ4v) is 4.14. The largest absolute Gasteiger partial charge is 0.355 e. The molecule has 0 spiro atoms. The van der Waals surface area contributed by atoms with Crippen molar-refractivity contribution in [3.8, 4) is 11.3 Å². The van der Waals surface area contributed by atoms with Crippen molar-refractivity contribution in [1.82, 2.24) is 10.1 Å². The van der Waals surface area contributed by atoms with Crippen LogP contribution >= 0.6 is 0 Å². The van der Waals surface area contributed by atoms with Gasteiger partial charge >= 0.3 is 0 Å². The van der Waals surface area contributed by atoms with Gasteiger partial charge in [-0.05, 0) is 31.6 Å². The average molecular weight is 310 g/mol. The second kappa shape index (κ2) is 6.19. The molecule has 4 nitrogen and oxygen atoms in total. The molecule has 0 N–H and O–H groups in total. The van der Waals surface area contributed by atoms with E-state index < -0.39 is 0 Å². The molecule has 1 saturated carbocycles. The van der Waals surface area contributed by atoms with E-state index in [1.165, 1.54) is 25.7 Å². The third-order valence-electron chi connectivity index (χ3n) is 5.29. The Bertz CT molecular complexity index is 678. The maximum Gasteiger partial charge on any atom is 0.276 e. The molecule has 1 amide bonds. The van der Waals surface area contributed by atoms with Crippen molar-refractivity contribution in [2.24, 2.45) is 5.92 Å². The quantitative estimate of drug-likeness (QED) is 0.837.